The first-order chi connectivity index (χ1) is 14.0. The third-order valence-corrected chi connectivity index (χ3v) is 7.63. The van der Waals surface area contributed by atoms with Gasteiger partial charge in [0, 0.05) is 18.1 Å². The van der Waals surface area contributed by atoms with Gasteiger partial charge < -0.3 is 0 Å². The van der Waals surface area contributed by atoms with Gasteiger partial charge in [0.2, 0.25) is 0 Å². The molecule has 2 aromatic heterocycles. The molecule has 0 spiro atoms. The minimum Gasteiger partial charge on any atom is -0.280 e. The summed E-state index contributed by atoms with van der Waals surface area (Å²) in [6.45, 7) is 0. The molecule has 0 aliphatic carbocycles. The van der Waals surface area contributed by atoms with Gasteiger partial charge in [0.05, 0.1) is 32.4 Å². The number of rotatable bonds is 6. The fourth-order valence-electron chi connectivity index (χ4n) is 2.58. The van der Waals surface area contributed by atoms with E-state index in [1.807, 2.05) is 24.4 Å². The Morgan fingerprint density at radius 2 is 1.97 bits per heavy atom. The van der Waals surface area contributed by atoms with Crippen LogP contribution in [0.15, 0.2) is 76.2 Å². The molecule has 6 nitrogen and oxygen atoms in total. The van der Waals surface area contributed by atoms with E-state index in [0.717, 1.165) is 25.9 Å². The number of nitriles is 1. The third-order valence-electron chi connectivity index (χ3n) is 4.00. The standard InChI is InChI=1S/C20H14N4O2S3/c21-11-14-3-6-17(7-4-14)29(25,26)24-16-5-8-18-19(10-16)28-20(23-18)27-13-15-2-1-9-22-12-15/h1-10,12,24H,13H2. The van der Waals surface area contributed by atoms with E-state index < -0.39 is 10.0 Å². The predicted octanol–water partition coefficient (Wildman–Crippen LogP) is 4.66. The van der Waals surface area contributed by atoms with Gasteiger partial charge in [-0.3, -0.25) is 9.71 Å². The number of hydrogen-bond donors (Lipinski definition) is 1. The van der Waals surface area contributed by atoms with Crippen LogP contribution in [0, 0.1) is 11.3 Å². The summed E-state index contributed by atoms with van der Waals surface area (Å²) in [5, 5.41) is 8.85. The third kappa shape index (κ3) is 4.56. The molecule has 4 aromatic rings. The average molecular weight is 439 g/mol. The van der Waals surface area contributed by atoms with Crippen LogP contribution in [0.2, 0.25) is 0 Å². The first-order valence-electron chi connectivity index (χ1n) is 8.49. The van der Waals surface area contributed by atoms with Crippen molar-refractivity contribution in [1.29, 1.82) is 5.26 Å². The zero-order valence-electron chi connectivity index (χ0n) is 14.9. The second-order valence-electron chi connectivity index (χ2n) is 6.05. The molecular weight excluding hydrogens is 424 g/mol. The number of benzene rings is 2. The van der Waals surface area contributed by atoms with Gasteiger partial charge in [0.15, 0.2) is 4.34 Å². The quantitative estimate of drug-likeness (QED) is 0.440. The SMILES string of the molecule is N#Cc1ccc(S(=O)(=O)Nc2ccc3nc(SCc4cccnc4)sc3c2)cc1. The lowest BCUT2D eigenvalue weighted by Gasteiger charge is -2.08. The van der Waals surface area contributed by atoms with Crippen molar-refractivity contribution in [3.63, 3.8) is 0 Å². The Hall–Kier alpha value is -2.93. The molecule has 0 aliphatic heterocycles. The summed E-state index contributed by atoms with van der Waals surface area (Å²) in [5.74, 6) is 0.770. The van der Waals surface area contributed by atoms with E-state index in [0.29, 0.717) is 11.3 Å². The Kier molecular flexibility index (Phi) is 5.49. The Morgan fingerprint density at radius 1 is 1.14 bits per heavy atom. The van der Waals surface area contributed by atoms with Crippen molar-refractivity contribution < 1.29 is 8.42 Å². The zero-order valence-corrected chi connectivity index (χ0v) is 17.4. The summed E-state index contributed by atoms with van der Waals surface area (Å²) < 4.78 is 29.6. The number of sulfonamides is 1. The number of nitrogens with zero attached hydrogens (tertiary/aromatic N) is 3. The van der Waals surface area contributed by atoms with Gasteiger partial charge in [-0.15, -0.1) is 11.3 Å². The molecule has 0 aliphatic rings. The van der Waals surface area contributed by atoms with Crippen LogP contribution >= 0.6 is 23.1 Å². The number of pyridine rings is 1. The number of fused-ring (bicyclic) bond motifs is 1. The van der Waals surface area contributed by atoms with Crippen molar-refractivity contribution in [2.24, 2.45) is 0 Å². The van der Waals surface area contributed by atoms with E-state index in [9.17, 15) is 8.42 Å². The van der Waals surface area contributed by atoms with E-state index in [4.69, 9.17) is 5.26 Å². The van der Waals surface area contributed by atoms with Crippen molar-refractivity contribution in [2.45, 2.75) is 15.0 Å². The molecule has 4 rings (SSSR count). The monoisotopic (exact) mass is 438 g/mol. The molecule has 0 saturated carbocycles. The molecule has 1 N–H and O–H groups in total. The van der Waals surface area contributed by atoms with Crippen molar-refractivity contribution in [3.05, 3.63) is 78.1 Å². The zero-order chi connectivity index (χ0) is 20.3. The van der Waals surface area contributed by atoms with Gasteiger partial charge in [-0.1, -0.05) is 17.8 Å². The topological polar surface area (TPSA) is 95.7 Å². The van der Waals surface area contributed by atoms with Crippen molar-refractivity contribution in [1.82, 2.24) is 9.97 Å². The van der Waals surface area contributed by atoms with E-state index in [2.05, 4.69) is 14.7 Å². The van der Waals surface area contributed by atoms with Crippen molar-refractivity contribution in [3.8, 4) is 6.07 Å². The van der Waals surface area contributed by atoms with Gasteiger partial charge in [-0.05, 0) is 54.1 Å². The number of nitrogens with one attached hydrogen (secondary N) is 1. The molecule has 2 aromatic carbocycles. The highest BCUT2D eigenvalue weighted by atomic mass is 32.2. The number of thiazole rings is 1. The Bertz CT molecular complexity index is 1300. The maximum absolute atomic E-state index is 12.6. The number of thioether (sulfide) groups is 1. The van der Waals surface area contributed by atoms with Crippen LogP contribution in [-0.4, -0.2) is 18.4 Å². The fraction of sp³-hybridized carbons (Fsp3) is 0.0500. The molecule has 0 atom stereocenters. The molecule has 9 heteroatoms. The molecular formula is C20H14N4O2S3. The van der Waals surface area contributed by atoms with Crippen LogP contribution in [-0.2, 0) is 15.8 Å². The number of aromatic nitrogens is 2. The highest BCUT2D eigenvalue weighted by Crippen LogP contribution is 2.33. The first-order valence-corrected chi connectivity index (χ1v) is 11.8. The average Bonchev–Trinajstić information content (AvgIpc) is 3.15. The Balaban J connectivity index is 1.51. The summed E-state index contributed by atoms with van der Waals surface area (Å²) in [7, 11) is -3.73. The fourth-order valence-corrected chi connectivity index (χ4v) is 5.67. The van der Waals surface area contributed by atoms with Crippen molar-refractivity contribution >= 4 is 49.0 Å². The highest BCUT2D eigenvalue weighted by Gasteiger charge is 2.15. The Morgan fingerprint density at radius 3 is 2.69 bits per heavy atom. The molecule has 0 bridgehead atoms. The van der Waals surface area contributed by atoms with Gasteiger partial charge in [-0.2, -0.15) is 5.26 Å². The second kappa shape index (κ2) is 8.21. The minimum atomic E-state index is -3.73. The van der Waals surface area contributed by atoms with Gasteiger partial charge in [0.25, 0.3) is 10.0 Å². The summed E-state index contributed by atoms with van der Waals surface area (Å²) >= 11 is 3.14. The maximum atomic E-state index is 12.6. The molecule has 0 saturated heterocycles. The summed E-state index contributed by atoms with van der Waals surface area (Å²) in [5.41, 5.74) is 2.82. The first kappa shape index (κ1) is 19.4. The van der Waals surface area contributed by atoms with Crippen LogP contribution in [0.5, 0.6) is 0 Å². The number of anilines is 1. The maximum Gasteiger partial charge on any atom is 0.261 e. The van der Waals surface area contributed by atoms with E-state index >= 15 is 0 Å². The molecule has 2 heterocycles. The summed E-state index contributed by atoms with van der Waals surface area (Å²) in [4.78, 5) is 8.81. The van der Waals surface area contributed by atoms with Crippen LogP contribution < -0.4 is 4.72 Å². The smallest absolute Gasteiger partial charge is 0.261 e. The molecule has 0 amide bonds. The largest absolute Gasteiger partial charge is 0.280 e. The van der Waals surface area contributed by atoms with Gasteiger partial charge in [-0.25, -0.2) is 13.4 Å². The van der Waals surface area contributed by atoms with Gasteiger partial charge in [0.1, 0.15) is 0 Å². The highest BCUT2D eigenvalue weighted by molar-refractivity contribution is 8.00. The lowest BCUT2D eigenvalue weighted by Crippen LogP contribution is -2.12. The molecule has 0 radical (unpaired) electrons. The number of hydrogen-bond acceptors (Lipinski definition) is 7. The summed E-state index contributed by atoms with van der Waals surface area (Å²) in [6.07, 6.45) is 3.57. The molecule has 0 fully saturated rings. The lowest BCUT2D eigenvalue weighted by atomic mass is 10.2. The van der Waals surface area contributed by atoms with Gasteiger partial charge >= 0.3 is 0 Å². The van der Waals surface area contributed by atoms with E-state index in [1.165, 1.54) is 35.6 Å². The summed E-state index contributed by atoms with van der Waals surface area (Å²) in [6, 6.07) is 17.0. The normalized spacial score (nSPS) is 11.3. The lowest BCUT2D eigenvalue weighted by molar-refractivity contribution is 0.601. The molecule has 29 heavy (non-hydrogen) atoms. The Labute approximate surface area is 176 Å². The van der Waals surface area contributed by atoms with Crippen molar-refractivity contribution in [2.75, 3.05) is 4.72 Å². The van der Waals surface area contributed by atoms with Crippen LogP contribution in [0.3, 0.4) is 0 Å². The molecule has 0 unspecified atom stereocenters. The van der Waals surface area contributed by atoms with E-state index in [1.54, 1.807) is 36.2 Å². The second-order valence-corrected chi connectivity index (χ2v) is 9.99. The predicted molar refractivity (Wildman–Crippen MR) is 115 cm³/mol. The van der Waals surface area contributed by atoms with Crippen LogP contribution in [0.4, 0.5) is 5.69 Å². The van der Waals surface area contributed by atoms with Crippen LogP contribution in [0.1, 0.15) is 11.1 Å². The molecule has 144 valence electrons. The van der Waals surface area contributed by atoms with Crippen LogP contribution in [0.25, 0.3) is 10.2 Å². The minimum absolute atomic E-state index is 0.105. The van der Waals surface area contributed by atoms with E-state index in [-0.39, 0.29) is 4.90 Å².